The maximum atomic E-state index is 13.4. The molecule has 0 fully saturated rings. The molecule has 6 heteroatoms. The SMILES string of the molecule is CC(C)[C@@H]1C(=O)N[C@H](c2cccc(Cl)c2)C/C=C\C[C@@H](C)Oc2ccccc2C(=O)N1C. The minimum atomic E-state index is -0.637. The van der Waals surface area contributed by atoms with Gasteiger partial charge in [-0.1, -0.05) is 61.9 Å². The van der Waals surface area contributed by atoms with Gasteiger partial charge >= 0.3 is 0 Å². The summed E-state index contributed by atoms with van der Waals surface area (Å²) in [5, 5.41) is 3.78. The molecule has 0 radical (unpaired) electrons. The molecule has 1 N–H and O–H groups in total. The number of likely N-dealkylation sites (N-methyl/N-ethyl adjacent to an activating group) is 1. The first-order valence-corrected chi connectivity index (χ1v) is 11.4. The predicted octanol–water partition coefficient (Wildman–Crippen LogP) is 5.41. The van der Waals surface area contributed by atoms with E-state index >= 15 is 0 Å². The first-order valence-electron chi connectivity index (χ1n) is 11.0. The van der Waals surface area contributed by atoms with Gasteiger partial charge < -0.3 is 15.0 Å². The number of amides is 2. The van der Waals surface area contributed by atoms with Crippen molar-refractivity contribution in [3.05, 3.63) is 76.8 Å². The van der Waals surface area contributed by atoms with E-state index in [2.05, 4.69) is 17.5 Å². The van der Waals surface area contributed by atoms with Crippen LogP contribution in [-0.4, -0.2) is 35.9 Å². The highest BCUT2D eigenvalue weighted by molar-refractivity contribution is 6.30. The van der Waals surface area contributed by atoms with Gasteiger partial charge in [0.15, 0.2) is 0 Å². The van der Waals surface area contributed by atoms with Gasteiger partial charge in [0.1, 0.15) is 11.8 Å². The van der Waals surface area contributed by atoms with E-state index in [1.807, 2.05) is 51.1 Å². The zero-order valence-electron chi connectivity index (χ0n) is 19.0. The van der Waals surface area contributed by atoms with Crippen LogP contribution in [0.25, 0.3) is 0 Å². The normalized spacial score (nSPS) is 23.7. The molecule has 3 atom stereocenters. The lowest BCUT2D eigenvalue weighted by molar-refractivity contribution is -0.127. The number of ether oxygens (including phenoxy) is 1. The zero-order chi connectivity index (χ0) is 23.3. The number of nitrogens with one attached hydrogen (secondary N) is 1. The molecule has 0 aromatic heterocycles. The third-order valence-electron chi connectivity index (χ3n) is 5.66. The fraction of sp³-hybridized carbons (Fsp3) is 0.385. The van der Waals surface area contributed by atoms with Crippen LogP contribution in [-0.2, 0) is 4.79 Å². The van der Waals surface area contributed by atoms with Gasteiger partial charge in [-0.05, 0) is 49.1 Å². The van der Waals surface area contributed by atoms with Crippen molar-refractivity contribution in [2.45, 2.75) is 51.8 Å². The van der Waals surface area contributed by atoms with E-state index < -0.39 is 6.04 Å². The zero-order valence-corrected chi connectivity index (χ0v) is 19.8. The predicted molar refractivity (Wildman–Crippen MR) is 128 cm³/mol. The summed E-state index contributed by atoms with van der Waals surface area (Å²) in [5.74, 6) is 0.00745. The van der Waals surface area contributed by atoms with E-state index in [-0.39, 0.29) is 29.9 Å². The Labute approximate surface area is 195 Å². The standard InChI is InChI=1S/C26H31ClN2O3/c1-17(2)24-25(30)28-22(19-11-9-12-20(27)16-19)14-7-5-10-18(3)32-23-15-8-6-13-21(23)26(31)29(24)4/h5-9,11-13,15-18,22,24H,10,14H2,1-4H3,(H,28,30)/b7-5-/t18-,22+,24-/m1/s1. The number of hydrogen-bond donors (Lipinski definition) is 1. The molecule has 32 heavy (non-hydrogen) atoms. The summed E-state index contributed by atoms with van der Waals surface area (Å²) in [6.07, 6.45) is 5.30. The Morgan fingerprint density at radius 1 is 1.06 bits per heavy atom. The van der Waals surface area contributed by atoms with Gasteiger partial charge in [-0.25, -0.2) is 0 Å². The molecular formula is C26H31ClN2O3. The molecule has 1 aliphatic heterocycles. The molecule has 0 saturated heterocycles. The van der Waals surface area contributed by atoms with Crippen LogP contribution in [0.5, 0.6) is 5.75 Å². The summed E-state index contributed by atoms with van der Waals surface area (Å²) in [6, 6.07) is 13.8. The minimum absolute atomic E-state index is 0.0839. The minimum Gasteiger partial charge on any atom is -0.490 e. The van der Waals surface area contributed by atoms with Gasteiger partial charge in [-0.15, -0.1) is 0 Å². The fourth-order valence-corrected chi connectivity index (χ4v) is 4.23. The molecule has 0 saturated carbocycles. The quantitative estimate of drug-likeness (QED) is 0.617. The molecule has 1 heterocycles. The van der Waals surface area contributed by atoms with Crippen LogP contribution in [0.4, 0.5) is 0 Å². The summed E-state index contributed by atoms with van der Waals surface area (Å²) in [7, 11) is 1.67. The number of carbonyl (C=O) groups excluding carboxylic acids is 2. The van der Waals surface area contributed by atoms with E-state index in [4.69, 9.17) is 16.3 Å². The van der Waals surface area contributed by atoms with E-state index in [0.29, 0.717) is 29.2 Å². The highest BCUT2D eigenvalue weighted by Crippen LogP contribution is 2.26. The van der Waals surface area contributed by atoms with Gasteiger partial charge in [0.05, 0.1) is 17.7 Å². The lowest BCUT2D eigenvalue weighted by atomic mass is 9.98. The summed E-state index contributed by atoms with van der Waals surface area (Å²) < 4.78 is 6.09. The van der Waals surface area contributed by atoms with Crippen molar-refractivity contribution >= 4 is 23.4 Å². The Morgan fingerprint density at radius 2 is 1.78 bits per heavy atom. The Bertz CT molecular complexity index is 989. The third kappa shape index (κ3) is 5.71. The van der Waals surface area contributed by atoms with Gasteiger partial charge in [-0.3, -0.25) is 9.59 Å². The smallest absolute Gasteiger partial charge is 0.258 e. The summed E-state index contributed by atoms with van der Waals surface area (Å²) in [6.45, 7) is 5.86. The van der Waals surface area contributed by atoms with Crippen molar-refractivity contribution in [2.24, 2.45) is 5.92 Å². The topological polar surface area (TPSA) is 58.6 Å². The van der Waals surface area contributed by atoms with Crippen LogP contribution in [0.3, 0.4) is 0 Å². The first kappa shape index (κ1) is 23.9. The van der Waals surface area contributed by atoms with Crippen molar-refractivity contribution in [3.8, 4) is 5.75 Å². The number of hydrogen-bond acceptors (Lipinski definition) is 3. The Hall–Kier alpha value is -2.79. The van der Waals surface area contributed by atoms with Gasteiger partial charge in [-0.2, -0.15) is 0 Å². The van der Waals surface area contributed by atoms with Crippen LogP contribution >= 0.6 is 11.6 Å². The summed E-state index contributed by atoms with van der Waals surface area (Å²) >= 11 is 6.21. The van der Waals surface area contributed by atoms with Gasteiger partial charge in [0, 0.05) is 18.5 Å². The average molecular weight is 455 g/mol. The number of rotatable bonds is 2. The van der Waals surface area contributed by atoms with Crippen molar-refractivity contribution < 1.29 is 14.3 Å². The maximum absolute atomic E-state index is 13.4. The highest BCUT2D eigenvalue weighted by atomic mass is 35.5. The van der Waals surface area contributed by atoms with Crippen molar-refractivity contribution in [2.75, 3.05) is 7.05 Å². The maximum Gasteiger partial charge on any atom is 0.258 e. The average Bonchev–Trinajstić information content (AvgIpc) is 2.75. The van der Waals surface area contributed by atoms with Gasteiger partial charge in [0.2, 0.25) is 5.91 Å². The largest absolute Gasteiger partial charge is 0.490 e. The number of benzene rings is 2. The lowest BCUT2D eigenvalue weighted by Gasteiger charge is -2.32. The second-order valence-electron chi connectivity index (χ2n) is 8.59. The Balaban J connectivity index is 2.01. The first-order chi connectivity index (χ1) is 15.3. The van der Waals surface area contributed by atoms with E-state index in [0.717, 1.165) is 5.56 Å². The molecule has 2 amide bonds. The molecule has 0 spiro atoms. The highest BCUT2D eigenvalue weighted by Gasteiger charge is 2.33. The molecule has 2 aromatic carbocycles. The summed E-state index contributed by atoms with van der Waals surface area (Å²) in [4.78, 5) is 28.3. The molecule has 3 rings (SSSR count). The van der Waals surface area contributed by atoms with Crippen LogP contribution in [0.1, 0.15) is 55.6 Å². The number of nitrogens with zero attached hydrogens (tertiary/aromatic N) is 1. The van der Waals surface area contributed by atoms with Gasteiger partial charge in [0.25, 0.3) is 5.91 Å². The molecular weight excluding hydrogens is 424 g/mol. The number of halogens is 1. The molecule has 1 aliphatic rings. The second-order valence-corrected chi connectivity index (χ2v) is 9.02. The Morgan fingerprint density at radius 3 is 2.50 bits per heavy atom. The molecule has 0 aliphatic carbocycles. The number of para-hydroxylation sites is 1. The van der Waals surface area contributed by atoms with Crippen LogP contribution in [0.15, 0.2) is 60.7 Å². The van der Waals surface area contributed by atoms with Crippen molar-refractivity contribution in [3.63, 3.8) is 0 Å². The monoisotopic (exact) mass is 454 g/mol. The second kappa shape index (κ2) is 10.7. The van der Waals surface area contributed by atoms with Crippen LogP contribution in [0.2, 0.25) is 5.02 Å². The number of fused-ring (bicyclic) bond motifs is 1. The van der Waals surface area contributed by atoms with E-state index in [1.54, 1.807) is 25.2 Å². The molecule has 170 valence electrons. The Kier molecular flexibility index (Phi) is 7.97. The third-order valence-corrected chi connectivity index (χ3v) is 5.89. The van der Waals surface area contributed by atoms with Crippen LogP contribution in [0, 0.1) is 5.92 Å². The number of carbonyl (C=O) groups is 2. The van der Waals surface area contributed by atoms with Crippen molar-refractivity contribution in [1.82, 2.24) is 10.2 Å². The fourth-order valence-electron chi connectivity index (χ4n) is 4.03. The molecule has 0 unspecified atom stereocenters. The van der Waals surface area contributed by atoms with E-state index in [1.165, 1.54) is 4.90 Å². The van der Waals surface area contributed by atoms with E-state index in [9.17, 15) is 9.59 Å². The van der Waals surface area contributed by atoms with Crippen LogP contribution < -0.4 is 10.1 Å². The summed E-state index contributed by atoms with van der Waals surface area (Å²) in [5.41, 5.74) is 1.38. The van der Waals surface area contributed by atoms with Crippen molar-refractivity contribution in [1.29, 1.82) is 0 Å². The molecule has 2 aromatic rings. The molecule has 5 nitrogen and oxygen atoms in total. The molecule has 0 bridgehead atoms. The lowest BCUT2D eigenvalue weighted by Crippen LogP contribution is -2.51.